The maximum Gasteiger partial charge on any atom is 0.331 e. The Kier molecular flexibility index (Phi) is 3.63. The highest BCUT2D eigenvalue weighted by molar-refractivity contribution is 6.08. The molecule has 1 fully saturated rings. The minimum atomic E-state index is -0.944. The Morgan fingerprint density at radius 2 is 1.78 bits per heavy atom. The molecule has 0 N–H and O–H groups in total. The van der Waals surface area contributed by atoms with Crippen molar-refractivity contribution in [1.29, 1.82) is 0 Å². The lowest BCUT2D eigenvalue weighted by Gasteiger charge is -2.33. The minimum Gasteiger partial charge on any atom is -0.438 e. The van der Waals surface area contributed by atoms with Crippen LogP contribution in [0.15, 0.2) is 42.5 Å². The van der Waals surface area contributed by atoms with Gasteiger partial charge in [-0.15, -0.1) is 0 Å². The first-order chi connectivity index (χ1) is 10.8. The molecule has 1 amide bonds. The Balaban J connectivity index is 2.12. The maximum absolute atomic E-state index is 13.2. The van der Waals surface area contributed by atoms with Crippen molar-refractivity contribution in [2.24, 2.45) is 5.92 Å². The molecule has 120 valence electrons. The van der Waals surface area contributed by atoms with Crippen molar-refractivity contribution in [3.05, 3.63) is 48.0 Å². The average Bonchev–Trinajstić information content (AvgIpc) is 2.74. The van der Waals surface area contributed by atoms with Gasteiger partial charge in [-0.2, -0.15) is 0 Å². The molecule has 1 saturated heterocycles. The van der Waals surface area contributed by atoms with Gasteiger partial charge < -0.3 is 4.74 Å². The normalized spacial score (nSPS) is 20.1. The van der Waals surface area contributed by atoms with Crippen molar-refractivity contribution in [1.82, 2.24) is 4.90 Å². The van der Waals surface area contributed by atoms with E-state index < -0.39 is 11.8 Å². The van der Waals surface area contributed by atoms with Gasteiger partial charge >= 0.3 is 5.97 Å². The average molecular weight is 311 g/mol. The predicted molar refractivity (Wildman–Crippen MR) is 88.9 cm³/mol. The van der Waals surface area contributed by atoms with E-state index in [1.165, 1.54) is 0 Å². The molecule has 1 aliphatic rings. The van der Waals surface area contributed by atoms with Crippen LogP contribution in [0.4, 0.5) is 0 Å². The van der Waals surface area contributed by atoms with Crippen molar-refractivity contribution >= 4 is 22.6 Å². The third-order valence-corrected chi connectivity index (χ3v) is 4.32. The van der Waals surface area contributed by atoms with E-state index in [0.29, 0.717) is 5.56 Å². The van der Waals surface area contributed by atoms with E-state index in [9.17, 15) is 9.59 Å². The van der Waals surface area contributed by atoms with Crippen LogP contribution in [0, 0.1) is 5.92 Å². The van der Waals surface area contributed by atoms with Crippen molar-refractivity contribution < 1.29 is 14.3 Å². The number of carbonyl (C=O) groups excluding carboxylic acids is 2. The molecular formula is C19H21NO3. The standard InChI is InChI=1S/C19H21NO3/c1-12(2)16-18(22)23-19(3,4)20(16)17(21)15-11-7-9-13-8-5-6-10-14(13)15/h5-12,16H,1-4H3/t16-/m0/s1. The van der Waals surface area contributed by atoms with Gasteiger partial charge in [-0.05, 0) is 36.6 Å². The van der Waals surface area contributed by atoms with E-state index in [-0.39, 0.29) is 17.8 Å². The summed E-state index contributed by atoms with van der Waals surface area (Å²) in [4.78, 5) is 27.0. The van der Waals surface area contributed by atoms with Crippen LogP contribution in [0.3, 0.4) is 0 Å². The van der Waals surface area contributed by atoms with Crippen LogP contribution in [-0.2, 0) is 9.53 Å². The molecule has 0 bridgehead atoms. The summed E-state index contributed by atoms with van der Waals surface area (Å²) in [5.74, 6) is -0.516. The fraction of sp³-hybridized carbons (Fsp3) is 0.368. The van der Waals surface area contributed by atoms with E-state index in [1.54, 1.807) is 24.8 Å². The quantitative estimate of drug-likeness (QED) is 0.796. The predicted octanol–water partition coefficient (Wildman–Crippen LogP) is 3.60. The summed E-state index contributed by atoms with van der Waals surface area (Å²) in [7, 11) is 0. The Bertz CT molecular complexity index is 774. The number of nitrogens with zero attached hydrogens (tertiary/aromatic N) is 1. The summed E-state index contributed by atoms with van der Waals surface area (Å²) >= 11 is 0. The lowest BCUT2D eigenvalue weighted by molar-refractivity contribution is -0.148. The molecule has 4 heteroatoms. The number of rotatable bonds is 2. The summed E-state index contributed by atoms with van der Waals surface area (Å²) < 4.78 is 5.46. The van der Waals surface area contributed by atoms with Crippen LogP contribution in [-0.4, -0.2) is 28.5 Å². The molecule has 0 spiro atoms. The number of hydrogen-bond acceptors (Lipinski definition) is 3. The Labute approximate surface area is 136 Å². The molecular weight excluding hydrogens is 290 g/mol. The number of cyclic esters (lactones) is 1. The zero-order chi connectivity index (χ0) is 16.8. The van der Waals surface area contributed by atoms with Gasteiger partial charge in [0.15, 0.2) is 5.72 Å². The number of carbonyl (C=O) groups is 2. The van der Waals surface area contributed by atoms with Crippen LogP contribution in [0.1, 0.15) is 38.1 Å². The van der Waals surface area contributed by atoms with Gasteiger partial charge in [0.1, 0.15) is 6.04 Å². The lowest BCUT2D eigenvalue weighted by Crippen LogP contribution is -2.50. The zero-order valence-electron chi connectivity index (χ0n) is 13.9. The monoisotopic (exact) mass is 311 g/mol. The van der Waals surface area contributed by atoms with Crippen LogP contribution in [0.2, 0.25) is 0 Å². The molecule has 0 aromatic heterocycles. The molecule has 2 aromatic carbocycles. The fourth-order valence-electron chi connectivity index (χ4n) is 3.28. The number of ether oxygens (including phenoxy) is 1. The van der Waals surface area contributed by atoms with Gasteiger partial charge in [-0.25, -0.2) is 4.79 Å². The number of esters is 1. The molecule has 2 aromatic rings. The Morgan fingerprint density at radius 1 is 1.13 bits per heavy atom. The molecule has 0 radical (unpaired) electrons. The van der Waals surface area contributed by atoms with Crippen molar-refractivity contribution in [3.8, 4) is 0 Å². The second-order valence-electron chi connectivity index (χ2n) is 6.76. The highest BCUT2D eigenvalue weighted by Gasteiger charge is 2.51. The molecule has 1 aliphatic heterocycles. The van der Waals surface area contributed by atoms with Gasteiger partial charge in [-0.3, -0.25) is 9.69 Å². The van der Waals surface area contributed by atoms with Gasteiger partial charge in [0.2, 0.25) is 0 Å². The Hall–Kier alpha value is -2.36. The third kappa shape index (κ3) is 2.48. The highest BCUT2D eigenvalue weighted by atomic mass is 16.6. The van der Waals surface area contributed by atoms with E-state index in [1.807, 2.05) is 50.2 Å². The van der Waals surface area contributed by atoms with Gasteiger partial charge in [-0.1, -0.05) is 50.2 Å². The summed E-state index contributed by atoms with van der Waals surface area (Å²) in [6.07, 6.45) is 0. The first-order valence-electron chi connectivity index (χ1n) is 7.87. The second-order valence-corrected chi connectivity index (χ2v) is 6.76. The molecule has 0 aliphatic carbocycles. The largest absolute Gasteiger partial charge is 0.438 e. The summed E-state index contributed by atoms with van der Waals surface area (Å²) in [6.45, 7) is 7.38. The molecule has 23 heavy (non-hydrogen) atoms. The molecule has 1 atom stereocenters. The van der Waals surface area contributed by atoms with Crippen LogP contribution in [0.5, 0.6) is 0 Å². The third-order valence-electron chi connectivity index (χ3n) is 4.32. The first-order valence-corrected chi connectivity index (χ1v) is 7.87. The van der Waals surface area contributed by atoms with E-state index in [2.05, 4.69) is 0 Å². The zero-order valence-corrected chi connectivity index (χ0v) is 13.9. The van der Waals surface area contributed by atoms with E-state index in [0.717, 1.165) is 10.8 Å². The lowest BCUT2D eigenvalue weighted by atomic mass is 9.98. The first kappa shape index (κ1) is 15.5. The van der Waals surface area contributed by atoms with Crippen molar-refractivity contribution in [2.75, 3.05) is 0 Å². The van der Waals surface area contributed by atoms with Gasteiger partial charge in [0.05, 0.1) is 0 Å². The second kappa shape index (κ2) is 5.37. The molecule has 3 rings (SSSR count). The maximum atomic E-state index is 13.2. The molecule has 0 unspecified atom stereocenters. The number of benzene rings is 2. The molecule has 0 saturated carbocycles. The van der Waals surface area contributed by atoms with Gasteiger partial charge in [0.25, 0.3) is 5.91 Å². The van der Waals surface area contributed by atoms with E-state index in [4.69, 9.17) is 4.74 Å². The van der Waals surface area contributed by atoms with Crippen molar-refractivity contribution in [2.45, 2.75) is 39.5 Å². The topological polar surface area (TPSA) is 46.6 Å². The number of amides is 1. The summed E-state index contributed by atoms with van der Waals surface area (Å²) in [5.41, 5.74) is -0.347. The number of fused-ring (bicyclic) bond motifs is 1. The van der Waals surface area contributed by atoms with E-state index >= 15 is 0 Å². The summed E-state index contributed by atoms with van der Waals surface area (Å²) in [6, 6.07) is 12.9. The fourth-order valence-corrected chi connectivity index (χ4v) is 3.28. The summed E-state index contributed by atoms with van der Waals surface area (Å²) in [5, 5.41) is 1.89. The van der Waals surface area contributed by atoms with Gasteiger partial charge in [0, 0.05) is 5.56 Å². The number of hydrogen-bond donors (Lipinski definition) is 0. The molecule has 4 nitrogen and oxygen atoms in total. The Morgan fingerprint density at radius 3 is 2.48 bits per heavy atom. The minimum absolute atomic E-state index is 0.0109. The smallest absolute Gasteiger partial charge is 0.331 e. The van der Waals surface area contributed by atoms with Crippen molar-refractivity contribution in [3.63, 3.8) is 0 Å². The van der Waals surface area contributed by atoms with Crippen LogP contribution < -0.4 is 0 Å². The van der Waals surface area contributed by atoms with Crippen LogP contribution >= 0.6 is 0 Å². The highest BCUT2D eigenvalue weighted by Crippen LogP contribution is 2.34. The van der Waals surface area contributed by atoms with Crippen LogP contribution in [0.25, 0.3) is 10.8 Å². The molecule has 1 heterocycles. The SMILES string of the molecule is CC(C)[C@H]1C(=O)OC(C)(C)N1C(=O)c1cccc2ccccc12.